The average molecular weight is 381 g/mol. The van der Waals surface area contributed by atoms with Crippen molar-refractivity contribution in [2.24, 2.45) is 0 Å². The summed E-state index contributed by atoms with van der Waals surface area (Å²) in [7, 11) is 0. The van der Waals surface area contributed by atoms with E-state index >= 15 is 0 Å². The van der Waals surface area contributed by atoms with Crippen molar-refractivity contribution in [1.82, 2.24) is 4.98 Å². The van der Waals surface area contributed by atoms with E-state index in [-0.39, 0.29) is 25.2 Å². The number of thioether (sulfide) groups is 1. The van der Waals surface area contributed by atoms with Crippen molar-refractivity contribution in [1.29, 1.82) is 0 Å². The lowest BCUT2D eigenvalue weighted by Crippen LogP contribution is -2.08. The van der Waals surface area contributed by atoms with Crippen molar-refractivity contribution in [3.63, 3.8) is 0 Å². The third-order valence-electron chi connectivity index (χ3n) is 3.94. The maximum Gasteiger partial charge on any atom is 0.306 e. The molecule has 3 rings (SSSR count). The number of hydrogen-bond acceptors (Lipinski definition) is 6. The number of ether oxygens (including phenoxy) is 1. The summed E-state index contributed by atoms with van der Waals surface area (Å²) in [5.74, 6) is 0.400. The monoisotopic (exact) mass is 381 g/mol. The highest BCUT2D eigenvalue weighted by molar-refractivity contribution is 7.98. The molecule has 0 saturated heterocycles. The highest BCUT2D eigenvalue weighted by Crippen LogP contribution is 2.20. The number of aromatic nitrogens is 1. The van der Waals surface area contributed by atoms with Gasteiger partial charge in [-0.1, -0.05) is 42.5 Å². The van der Waals surface area contributed by atoms with Gasteiger partial charge in [-0.05, 0) is 18.4 Å². The molecule has 0 spiro atoms. The van der Waals surface area contributed by atoms with E-state index in [4.69, 9.17) is 9.15 Å². The Kier molecular flexibility index (Phi) is 6.44. The molecular weight excluding hydrogens is 362 g/mol. The van der Waals surface area contributed by atoms with Crippen LogP contribution in [0.4, 0.5) is 0 Å². The van der Waals surface area contributed by atoms with Crippen molar-refractivity contribution in [2.75, 3.05) is 6.26 Å². The second-order valence-electron chi connectivity index (χ2n) is 5.80. The molecule has 0 aliphatic heterocycles. The predicted octanol–water partition coefficient (Wildman–Crippen LogP) is 4.77. The first-order chi connectivity index (χ1) is 13.2. The quantitative estimate of drug-likeness (QED) is 0.318. The number of nitrogens with zero attached hydrogens (tertiary/aromatic N) is 1. The first-order valence-electron chi connectivity index (χ1n) is 8.48. The first kappa shape index (κ1) is 18.9. The molecule has 6 heteroatoms. The standard InChI is InChI=1S/C21H19NO4S/c1-27-17-9-7-15(8-10-17)18(23)11-12-21(24)25-14-20-22-13-19(26-20)16-5-3-2-4-6-16/h2-10,13H,11-12,14H2,1H3. The molecule has 0 amide bonds. The molecule has 138 valence electrons. The Hall–Kier alpha value is -2.86. The summed E-state index contributed by atoms with van der Waals surface area (Å²) in [5.41, 5.74) is 1.50. The zero-order valence-electron chi connectivity index (χ0n) is 14.9. The van der Waals surface area contributed by atoms with Crippen LogP contribution >= 0.6 is 11.8 Å². The molecule has 0 bridgehead atoms. The van der Waals surface area contributed by atoms with E-state index in [0.29, 0.717) is 17.2 Å². The average Bonchev–Trinajstić information content (AvgIpc) is 3.20. The van der Waals surface area contributed by atoms with Crippen LogP contribution in [0, 0.1) is 0 Å². The number of esters is 1. The number of carbonyl (C=O) groups is 2. The number of oxazole rings is 1. The molecule has 0 aliphatic carbocycles. The fourth-order valence-corrected chi connectivity index (χ4v) is 2.87. The summed E-state index contributed by atoms with van der Waals surface area (Å²) >= 11 is 1.61. The number of hydrogen-bond donors (Lipinski definition) is 0. The third kappa shape index (κ3) is 5.31. The summed E-state index contributed by atoms with van der Waals surface area (Å²) in [6.45, 7) is -0.0533. The summed E-state index contributed by atoms with van der Waals surface area (Å²) < 4.78 is 10.7. The Labute approximate surface area is 161 Å². The largest absolute Gasteiger partial charge is 0.456 e. The normalized spacial score (nSPS) is 10.6. The maximum atomic E-state index is 12.1. The van der Waals surface area contributed by atoms with Gasteiger partial charge in [0.15, 0.2) is 18.2 Å². The van der Waals surface area contributed by atoms with E-state index in [1.807, 2.05) is 48.7 Å². The summed E-state index contributed by atoms with van der Waals surface area (Å²) in [6, 6.07) is 16.9. The Morgan fingerprint density at radius 1 is 1.04 bits per heavy atom. The Morgan fingerprint density at radius 3 is 2.48 bits per heavy atom. The molecule has 0 fully saturated rings. The molecule has 27 heavy (non-hydrogen) atoms. The summed E-state index contributed by atoms with van der Waals surface area (Å²) in [4.78, 5) is 29.2. The lowest BCUT2D eigenvalue weighted by molar-refractivity contribution is -0.145. The minimum absolute atomic E-state index is 0.0232. The number of Topliss-reactive ketones (excluding diaryl/α,β-unsaturated/α-hetero) is 1. The van der Waals surface area contributed by atoms with E-state index in [2.05, 4.69) is 4.98 Å². The smallest absolute Gasteiger partial charge is 0.306 e. The number of rotatable bonds is 8. The molecule has 1 heterocycles. The summed E-state index contributed by atoms with van der Waals surface area (Å²) in [6.07, 6.45) is 3.71. The SMILES string of the molecule is CSc1ccc(C(=O)CCC(=O)OCc2ncc(-c3ccccc3)o2)cc1. The van der Waals surface area contributed by atoms with Gasteiger partial charge in [0, 0.05) is 22.4 Å². The molecule has 0 N–H and O–H groups in total. The van der Waals surface area contributed by atoms with E-state index < -0.39 is 5.97 Å². The van der Waals surface area contributed by atoms with Gasteiger partial charge in [0.05, 0.1) is 12.6 Å². The number of carbonyl (C=O) groups excluding carboxylic acids is 2. The van der Waals surface area contributed by atoms with Crippen molar-refractivity contribution in [3.05, 3.63) is 72.2 Å². The molecule has 1 aromatic heterocycles. The topological polar surface area (TPSA) is 69.4 Å². The molecule has 2 aromatic carbocycles. The third-order valence-corrected chi connectivity index (χ3v) is 4.68. The van der Waals surface area contributed by atoms with Crippen LogP contribution in [0.2, 0.25) is 0 Å². The van der Waals surface area contributed by atoms with Crippen molar-refractivity contribution in [3.8, 4) is 11.3 Å². The van der Waals surface area contributed by atoms with Crippen LogP contribution in [0.1, 0.15) is 29.1 Å². The van der Waals surface area contributed by atoms with Gasteiger partial charge in [-0.15, -0.1) is 11.8 Å². The van der Waals surface area contributed by atoms with Crippen LogP contribution in [0.3, 0.4) is 0 Å². The highest BCUT2D eigenvalue weighted by atomic mass is 32.2. The molecule has 5 nitrogen and oxygen atoms in total. The van der Waals surface area contributed by atoms with E-state index in [1.165, 1.54) is 0 Å². The number of benzene rings is 2. The van der Waals surface area contributed by atoms with Gasteiger partial charge in [0.1, 0.15) is 0 Å². The second kappa shape index (κ2) is 9.19. The zero-order valence-corrected chi connectivity index (χ0v) is 15.7. The molecule has 0 aliphatic rings. The Balaban J connectivity index is 1.45. The first-order valence-corrected chi connectivity index (χ1v) is 9.71. The van der Waals surface area contributed by atoms with Crippen LogP contribution in [0.5, 0.6) is 0 Å². The van der Waals surface area contributed by atoms with E-state index in [0.717, 1.165) is 10.5 Å². The van der Waals surface area contributed by atoms with Crippen LogP contribution < -0.4 is 0 Å². The van der Waals surface area contributed by atoms with Crippen molar-refractivity contribution in [2.45, 2.75) is 24.3 Å². The molecule has 0 atom stereocenters. The minimum Gasteiger partial charge on any atom is -0.456 e. The van der Waals surface area contributed by atoms with Crippen LogP contribution in [0.15, 0.2) is 70.1 Å². The lowest BCUT2D eigenvalue weighted by Gasteiger charge is -2.03. The zero-order chi connectivity index (χ0) is 19.1. The van der Waals surface area contributed by atoms with Gasteiger partial charge >= 0.3 is 5.97 Å². The second-order valence-corrected chi connectivity index (χ2v) is 6.68. The van der Waals surface area contributed by atoms with Gasteiger partial charge in [0.25, 0.3) is 0 Å². The van der Waals surface area contributed by atoms with E-state index in [1.54, 1.807) is 30.1 Å². The molecule has 0 unspecified atom stereocenters. The Morgan fingerprint density at radius 2 is 1.78 bits per heavy atom. The molecule has 3 aromatic rings. The van der Waals surface area contributed by atoms with Crippen LogP contribution in [0.25, 0.3) is 11.3 Å². The lowest BCUT2D eigenvalue weighted by atomic mass is 10.1. The van der Waals surface area contributed by atoms with E-state index in [9.17, 15) is 9.59 Å². The highest BCUT2D eigenvalue weighted by Gasteiger charge is 2.12. The fourth-order valence-electron chi connectivity index (χ4n) is 2.46. The van der Waals surface area contributed by atoms with Gasteiger partial charge in [0.2, 0.25) is 5.89 Å². The maximum absolute atomic E-state index is 12.1. The predicted molar refractivity (Wildman–Crippen MR) is 104 cm³/mol. The van der Waals surface area contributed by atoms with Gasteiger partial charge < -0.3 is 9.15 Å². The van der Waals surface area contributed by atoms with Crippen LogP contribution in [-0.2, 0) is 16.1 Å². The van der Waals surface area contributed by atoms with Gasteiger partial charge in [-0.3, -0.25) is 9.59 Å². The van der Waals surface area contributed by atoms with Crippen LogP contribution in [-0.4, -0.2) is 23.0 Å². The van der Waals surface area contributed by atoms with Crippen molar-refractivity contribution >= 4 is 23.5 Å². The Bertz CT molecular complexity index is 903. The van der Waals surface area contributed by atoms with Gasteiger partial charge in [-0.2, -0.15) is 0 Å². The molecule has 0 saturated carbocycles. The fraction of sp³-hybridized carbons (Fsp3) is 0.190. The minimum atomic E-state index is -0.455. The number of ketones is 1. The molecule has 0 radical (unpaired) electrons. The summed E-state index contributed by atoms with van der Waals surface area (Å²) in [5, 5.41) is 0. The van der Waals surface area contributed by atoms with Crippen molar-refractivity contribution < 1.29 is 18.7 Å². The van der Waals surface area contributed by atoms with Gasteiger partial charge in [-0.25, -0.2) is 4.98 Å². The molecular formula is C21H19NO4S.